The van der Waals surface area contributed by atoms with Crippen molar-refractivity contribution < 1.29 is 0 Å². The average Bonchev–Trinajstić information content (AvgIpc) is 2.53. The maximum absolute atomic E-state index is 6.17. The standard InChI is InChI=1S/C13H19ClN2/c1-9-6-16(7-10(9)2)8-11-12(14)4-3-5-13(11)15/h3-5,9-10H,6-8,15H2,1-2H3. The highest BCUT2D eigenvalue weighted by Crippen LogP contribution is 2.28. The van der Waals surface area contributed by atoms with Crippen molar-refractivity contribution in [2.75, 3.05) is 18.8 Å². The van der Waals surface area contributed by atoms with E-state index in [-0.39, 0.29) is 0 Å². The van der Waals surface area contributed by atoms with Crippen molar-refractivity contribution >= 4 is 17.3 Å². The van der Waals surface area contributed by atoms with Crippen molar-refractivity contribution in [1.29, 1.82) is 0 Å². The number of hydrogen-bond donors (Lipinski definition) is 1. The van der Waals surface area contributed by atoms with Gasteiger partial charge in [0.25, 0.3) is 0 Å². The molecule has 2 atom stereocenters. The second-order valence-electron chi connectivity index (χ2n) is 4.96. The molecule has 0 aliphatic carbocycles. The highest BCUT2D eigenvalue weighted by molar-refractivity contribution is 6.31. The van der Waals surface area contributed by atoms with Crippen molar-refractivity contribution in [3.63, 3.8) is 0 Å². The molecule has 2 nitrogen and oxygen atoms in total. The van der Waals surface area contributed by atoms with E-state index < -0.39 is 0 Å². The summed E-state index contributed by atoms with van der Waals surface area (Å²) < 4.78 is 0. The average molecular weight is 239 g/mol. The van der Waals surface area contributed by atoms with Crippen LogP contribution in [0.15, 0.2) is 18.2 Å². The molecule has 3 heteroatoms. The Hall–Kier alpha value is -0.730. The molecule has 1 aliphatic rings. The van der Waals surface area contributed by atoms with Crippen LogP contribution < -0.4 is 5.73 Å². The maximum atomic E-state index is 6.17. The molecule has 2 N–H and O–H groups in total. The van der Waals surface area contributed by atoms with E-state index in [4.69, 9.17) is 17.3 Å². The molecule has 1 aromatic carbocycles. The lowest BCUT2D eigenvalue weighted by atomic mass is 10.0. The van der Waals surface area contributed by atoms with Crippen LogP contribution in [0.2, 0.25) is 5.02 Å². The number of nitrogens with two attached hydrogens (primary N) is 1. The largest absolute Gasteiger partial charge is 0.398 e. The first-order chi connectivity index (χ1) is 7.58. The van der Waals surface area contributed by atoms with Gasteiger partial charge in [0.05, 0.1) is 0 Å². The highest BCUT2D eigenvalue weighted by atomic mass is 35.5. The summed E-state index contributed by atoms with van der Waals surface area (Å²) in [5, 5.41) is 0.784. The van der Waals surface area contributed by atoms with Crippen LogP contribution in [-0.4, -0.2) is 18.0 Å². The number of rotatable bonds is 2. The van der Waals surface area contributed by atoms with Gasteiger partial charge in [0.2, 0.25) is 0 Å². The Labute approximate surface area is 102 Å². The van der Waals surface area contributed by atoms with Crippen molar-refractivity contribution in [3.05, 3.63) is 28.8 Å². The molecule has 1 saturated heterocycles. The molecule has 1 heterocycles. The SMILES string of the molecule is CC1CN(Cc2c(N)cccc2Cl)CC1C. The molecule has 0 spiro atoms. The minimum Gasteiger partial charge on any atom is -0.398 e. The molecule has 88 valence electrons. The van der Waals surface area contributed by atoms with Gasteiger partial charge in [-0.05, 0) is 24.0 Å². The number of likely N-dealkylation sites (tertiary alicyclic amines) is 1. The highest BCUT2D eigenvalue weighted by Gasteiger charge is 2.26. The third-order valence-corrected chi connectivity index (χ3v) is 3.95. The van der Waals surface area contributed by atoms with E-state index in [9.17, 15) is 0 Å². The van der Waals surface area contributed by atoms with E-state index in [1.165, 1.54) is 0 Å². The van der Waals surface area contributed by atoms with E-state index in [1.54, 1.807) is 0 Å². The third kappa shape index (κ3) is 2.33. The zero-order valence-corrected chi connectivity index (χ0v) is 10.7. The van der Waals surface area contributed by atoms with Gasteiger partial charge in [-0.3, -0.25) is 4.90 Å². The minimum absolute atomic E-state index is 0.767. The zero-order chi connectivity index (χ0) is 11.7. The number of nitrogens with zero attached hydrogens (tertiary/aromatic N) is 1. The first-order valence-electron chi connectivity index (χ1n) is 5.83. The fourth-order valence-electron chi connectivity index (χ4n) is 2.34. The van der Waals surface area contributed by atoms with Crippen LogP contribution in [0.4, 0.5) is 5.69 Å². The normalized spacial score (nSPS) is 26.2. The smallest absolute Gasteiger partial charge is 0.0471 e. The number of benzene rings is 1. The minimum atomic E-state index is 0.767. The van der Waals surface area contributed by atoms with Gasteiger partial charge in [-0.25, -0.2) is 0 Å². The first kappa shape index (κ1) is 11.7. The van der Waals surface area contributed by atoms with E-state index in [0.29, 0.717) is 0 Å². The Morgan fingerprint density at radius 3 is 2.50 bits per heavy atom. The topological polar surface area (TPSA) is 29.3 Å². The van der Waals surface area contributed by atoms with Crippen molar-refractivity contribution in [2.24, 2.45) is 11.8 Å². The molecule has 0 bridgehead atoms. The van der Waals surface area contributed by atoms with Gasteiger partial charge in [0.15, 0.2) is 0 Å². The number of halogens is 1. The first-order valence-corrected chi connectivity index (χ1v) is 6.21. The summed E-state index contributed by atoms with van der Waals surface area (Å²) in [4.78, 5) is 2.44. The molecule has 2 rings (SSSR count). The summed E-state index contributed by atoms with van der Waals surface area (Å²) >= 11 is 6.17. The predicted molar refractivity (Wildman–Crippen MR) is 69.5 cm³/mol. The van der Waals surface area contributed by atoms with Crippen LogP contribution in [-0.2, 0) is 6.54 Å². The molecule has 0 radical (unpaired) electrons. The summed E-state index contributed by atoms with van der Waals surface area (Å²) in [5.41, 5.74) is 7.84. The van der Waals surface area contributed by atoms with E-state index >= 15 is 0 Å². The Kier molecular flexibility index (Phi) is 3.41. The number of anilines is 1. The molecule has 2 unspecified atom stereocenters. The van der Waals surface area contributed by atoms with Crippen LogP contribution in [0.5, 0.6) is 0 Å². The summed E-state index contributed by atoms with van der Waals surface area (Å²) in [6.45, 7) is 7.78. The molecular formula is C13H19ClN2. The molecule has 0 saturated carbocycles. The molecule has 1 fully saturated rings. The van der Waals surface area contributed by atoms with Gasteiger partial charge in [-0.2, -0.15) is 0 Å². The maximum Gasteiger partial charge on any atom is 0.0471 e. The van der Waals surface area contributed by atoms with Crippen molar-refractivity contribution in [2.45, 2.75) is 20.4 Å². The van der Waals surface area contributed by atoms with Gasteiger partial charge in [-0.1, -0.05) is 31.5 Å². The van der Waals surface area contributed by atoms with Gasteiger partial charge in [0, 0.05) is 35.9 Å². The lowest BCUT2D eigenvalue weighted by Crippen LogP contribution is -2.21. The molecule has 1 aliphatic heterocycles. The summed E-state index contributed by atoms with van der Waals surface area (Å²) in [6.07, 6.45) is 0. The summed E-state index contributed by atoms with van der Waals surface area (Å²) in [7, 11) is 0. The third-order valence-electron chi connectivity index (χ3n) is 3.60. The van der Waals surface area contributed by atoms with Gasteiger partial charge in [-0.15, -0.1) is 0 Å². The number of nitrogen functional groups attached to an aromatic ring is 1. The van der Waals surface area contributed by atoms with Gasteiger partial charge in [0.1, 0.15) is 0 Å². The quantitative estimate of drug-likeness (QED) is 0.803. The van der Waals surface area contributed by atoms with E-state index in [0.717, 1.165) is 47.7 Å². The molecule has 16 heavy (non-hydrogen) atoms. The lowest BCUT2D eigenvalue weighted by Gasteiger charge is -2.17. The van der Waals surface area contributed by atoms with Crippen LogP contribution >= 0.6 is 11.6 Å². The van der Waals surface area contributed by atoms with Crippen LogP contribution in [0.3, 0.4) is 0 Å². The Bertz CT molecular complexity index is 348. The van der Waals surface area contributed by atoms with E-state index in [1.807, 2.05) is 18.2 Å². The number of hydrogen-bond acceptors (Lipinski definition) is 2. The lowest BCUT2D eigenvalue weighted by molar-refractivity contribution is 0.317. The Morgan fingerprint density at radius 2 is 1.94 bits per heavy atom. The predicted octanol–water partition coefficient (Wildman–Crippen LogP) is 3.01. The van der Waals surface area contributed by atoms with E-state index in [2.05, 4.69) is 18.7 Å². The summed E-state index contributed by atoms with van der Waals surface area (Å²) in [6, 6.07) is 5.73. The Balaban J connectivity index is 2.10. The zero-order valence-electron chi connectivity index (χ0n) is 9.91. The molecule has 1 aromatic rings. The monoisotopic (exact) mass is 238 g/mol. The van der Waals surface area contributed by atoms with Crippen LogP contribution in [0.25, 0.3) is 0 Å². The van der Waals surface area contributed by atoms with Gasteiger partial charge < -0.3 is 5.73 Å². The Morgan fingerprint density at radius 1 is 1.31 bits per heavy atom. The summed E-state index contributed by atoms with van der Waals surface area (Å²) in [5.74, 6) is 1.53. The van der Waals surface area contributed by atoms with Crippen molar-refractivity contribution in [3.8, 4) is 0 Å². The second kappa shape index (κ2) is 4.64. The fourth-order valence-corrected chi connectivity index (χ4v) is 2.59. The molecule has 0 aromatic heterocycles. The van der Waals surface area contributed by atoms with Crippen LogP contribution in [0, 0.1) is 11.8 Å². The molecular weight excluding hydrogens is 220 g/mol. The fraction of sp³-hybridized carbons (Fsp3) is 0.538. The molecule has 0 amide bonds. The van der Waals surface area contributed by atoms with Crippen molar-refractivity contribution in [1.82, 2.24) is 4.90 Å². The van der Waals surface area contributed by atoms with Gasteiger partial charge >= 0.3 is 0 Å². The van der Waals surface area contributed by atoms with Crippen LogP contribution in [0.1, 0.15) is 19.4 Å². The second-order valence-corrected chi connectivity index (χ2v) is 5.36.